The summed E-state index contributed by atoms with van der Waals surface area (Å²) in [5.74, 6) is 0.537. The lowest BCUT2D eigenvalue weighted by Crippen LogP contribution is -2.37. The number of anilines is 1. The van der Waals surface area contributed by atoms with Crippen LogP contribution in [0.5, 0.6) is 5.75 Å². The van der Waals surface area contributed by atoms with E-state index in [9.17, 15) is 9.59 Å². The monoisotopic (exact) mass is 235 g/mol. The van der Waals surface area contributed by atoms with Crippen molar-refractivity contribution in [1.82, 2.24) is 0 Å². The van der Waals surface area contributed by atoms with Gasteiger partial charge in [-0.05, 0) is 25.1 Å². The lowest BCUT2D eigenvalue weighted by Gasteiger charge is -2.28. The maximum Gasteiger partial charge on any atom is 0.414 e. The molecule has 1 amide bonds. The number of Topliss-reactive ketones (excluding diaryl/α,β-unsaturated/α-hetero) is 1. The standard InChI is InChI=1S/C12H13NO4/c1-8(14)9-3-4-11-10(7-9)13(5-6-17-11)12(15)16-2/h3-4,7H,5-6H2,1-2H3. The molecule has 1 heterocycles. The summed E-state index contributed by atoms with van der Waals surface area (Å²) in [6, 6.07) is 5.02. The summed E-state index contributed by atoms with van der Waals surface area (Å²) in [5, 5.41) is 0. The van der Waals surface area contributed by atoms with Crippen LogP contribution in [0.3, 0.4) is 0 Å². The molecule has 0 aromatic heterocycles. The lowest BCUT2D eigenvalue weighted by atomic mass is 10.1. The Morgan fingerprint density at radius 1 is 1.41 bits per heavy atom. The van der Waals surface area contributed by atoms with Crippen molar-refractivity contribution in [3.05, 3.63) is 23.8 Å². The number of hydrogen-bond acceptors (Lipinski definition) is 4. The number of amides is 1. The Hall–Kier alpha value is -2.04. The second-order valence-corrected chi connectivity index (χ2v) is 3.71. The van der Waals surface area contributed by atoms with Crippen molar-refractivity contribution in [2.45, 2.75) is 6.92 Å². The van der Waals surface area contributed by atoms with E-state index >= 15 is 0 Å². The van der Waals surface area contributed by atoms with Crippen LogP contribution < -0.4 is 9.64 Å². The highest BCUT2D eigenvalue weighted by Gasteiger charge is 2.24. The number of fused-ring (bicyclic) bond motifs is 1. The Labute approximate surface area is 98.9 Å². The molecule has 90 valence electrons. The molecule has 0 bridgehead atoms. The molecule has 1 aliphatic heterocycles. The van der Waals surface area contributed by atoms with Crippen molar-refractivity contribution >= 4 is 17.6 Å². The molecule has 0 N–H and O–H groups in total. The van der Waals surface area contributed by atoms with E-state index in [1.165, 1.54) is 18.9 Å². The van der Waals surface area contributed by atoms with Gasteiger partial charge in [-0.25, -0.2) is 4.79 Å². The molecule has 5 heteroatoms. The first-order chi connectivity index (χ1) is 8.13. The Balaban J connectivity index is 2.44. The minimum absolute atomic E-state index is 0.0526. The van der Waals surface area contributed by atoms with Crippen LogP contribution in [0.1, 0.15) is 17.3 Å². The molecule has 0 spiro atoms. The average molecular weight is 235 g/mol. The molecule has 17 heavy (non-hydrogen) atoms. The van der Waals surface area contributed by atoms with Gasteiger partial charge in [0.1, 0.15) is 12.4 Å². The van der Waals surface area contributed by atoms with Gasteiger partial charge in [-0.1, -0.05) is 0 Å². The molecule has 0 radical (unpaired) electrons. The van der Waals surface area contributed by atoms with E-state index in [1.54, 1.807) is 18.2 Å². The van der Waals surface area contributed by atoms with Gasteiger partial charge in [0.25, 0.3) is 0 Å². The van der Waals surface area contributed by atoms with Crippen LogP contribution in [0.4, 0.5) is 10.5 Å². The largest absolute Gasteiger partial charge is 0.490 e. The van der Waals surface area contributed by atoms with Crippen molar-refractivity contribution < 1.29 is 19.1 Å². The number of rotatable bonds is 1. The van der Waals surface area contributed by atoms with Crippen LogP contribution in [0, 0.1) is 0 Å². The van der Waals surface area contributed by atoms with Gasteiger partial charge < -0.3 is 9.47 Å². The summed E-state index contributed by atoms with van der Waals surface area (Å²) < 4.78 is 10.1. The van der Waals surface area contributed by atoms with Gasteiger partial charge in [0.2, 0.25) is 0 Å². The Morgan fingerprint density at radius 2 is 2.18 bits per heavy atom. The summed E-state index contributed by atoms with van der Waals surface area (Å²) in [7, 11) is 1.33. The highest BCUT2D eigenvalue weighted by molar-refractivity contribution is 5.98. The Bertz CT molecular complexity index is 470. The summed E-state index contributed by atoms with van der Waals surface area (Å²) in [6.07, 6.45) is -0.449. The SMILES string of the molecule is COC(=O)N1CCOc2ccc(C(C)=O)cc21. The van der Waals surface area contributed by atoms with Crippen molar-refractivity contribution in [3.63, 3.8) is 0 Å². The fourth-order valence-corrected chi connectivity index (χ4v) is 1.74. The summed E-state index contributed by atoms with van der Waals surface area (Å²) >= 11 is 0. The van der Waals surface area contributed by atoms with E-state index in [4.69, 9.17) is 9.47 Å². The van der Waals surface area contributed by atoms with Crippen molar-refractivity contribution in [2.24, 2.45) is 0 Å². The van der Waals surface area contributed by atoms with E-state index in [2.05, 4.69) is 0 Å². The average Bonchev–Trinajstić information content (AvgIpc) is 2.36. The van der Waals surface area contributed by atoms with Crippen LogP contribution in [-0.2, 0) is 4.74 Å². The molecule has 1 aliphatic rings. The van der Waals surface area contributed by atoms with E-state index in [1.807, 2.05) is 0 Å². The first kappa shape index (κ1) is 11.4. The molecule has 0 saturated heterocycles. The van der Waals surface area contributed by atoms with Crippen molar-refractivity contribution in [3.8, 4) is 5.75 Å². The number of ketones is 1. The Kier molecular flexibility index (Phi) is 2.99. The zero-order chi connectivity index (χ0) is 12.4. The second-order valence-electron chi connectivity index (χ2n) is 3.71. The second kappa shape index (κ2) is 4.45. The summed E-state index contributed by atoms with van der Waals surface area (Å²) in [5.41, 5.74) is 1.12. The lowest BCUT2D eigenvalue weighted by molar-refractivity contribution is 0.101. The quantitative estimate of drug-likeness (QED) is 0.697. The normalized spacial score (nSPS) is 13.6. The van der Waals surface area contributed by atoms with Gasteiger partial charge in [0.15, 0.2) is 5.78 Å². The fraction of sp³-hybridized carbons (Fsp3) is 0.333. The predicted octanol–water partition coefficient (Wildman–Crippen LogP) is 1.85. The topological polar surface area (TPSA) is 55.8 Å². The number of carbonyl (C=O) groups excluding carboxylic acids is 2. The molecule has 0 unspecified atom stereocenters. The first-order valence-corrected chi connectivity index (χ1v) is 5.26. The Morgan fingerprint density at radius 3 is 2.82 bits per heavy atom. The third-order valence-corrected chi connectivity index (χ3v) is 2.62. The van der Waals surface area contributed by atoms with Gasteiger partial charge >= 0.3 is 6.09 Å². The molecule has 0 aliphatic carbocycles. The van der Waals surface area contributed by atoms with Crippen LogP contribution in [0.25, 0.3) is 0 Å². The number of benzene rings is 1. The van der Waals surface area contributed by atoms with Crippen LogP contribution in [-0.4, -0.2) is 32.1 Å². The molecule has 1 aromatic carbocycles. The van der Waals surface area contributed by atoms with Gasteiger partial charge in [0, 0.05) is 5.56 Å². The summed E-state index contributed by atoms with van der Waals surface area (Å²) in [6.45, 7) is 2.32. The third kappa shape index (κ3) is 2.08. The number of hydrogen-bond donors (Lipinski definition) is 0. The highest BCUT2D eigenvalue weighted by Crippen LogP contribution is 2.32. The molecule has 0 atom stereocenters. The van der Waals surface area contributed by atoms with Gasteiger partial charge in [0.05, 0.1) is 19.3 Å². The van der Waals surface area contributed by atoms with E-state index in [0.29, 0.717) is 30.2 Å². The number of nitrogens with zero attached hydrogens (tertiary/aromatic N) is 1. The van der Waals surface area contributed by atoms with Gasteiger partial charge in [-0.15, -0.1) is 0 Å². The molecule has 0 fully saturated rings. The maximum absolute atomic E-state index is 11.6. The predicted molar refractivity (Wildman–Crippen MR) is 61.7 cm³/mol. The fourth-order valence-electron chi connectivity index (χ4n) is 1.74. The molecule has 2 rings (SSSR count). The van der Waals surface area contributed by atoms with Crippen LogP contribution in [0.15, 0.2) is 18.2 Å². The van der Waals surface area contributed by atoms with E-state index < -0.39 is 6.09 Å². The number of carbonyl (C=O) groups is 2. The smallest absolute Gasteiger partial charge is 0.414 e. The molecule has 1 aromatic rings. The number of ether oxygens (including phenoxy) is 2. The first-order valence-electron chi connectivity index (χ1n) is 5.26. The van der Waals surface area contributed by atoms with Crippen LogP contribution >= 0.6 is 0 Å². The van der Waals surface area contributed by atoms with Gasteiger partial charge in [-0.3, -0.25) is 9.69 Å². The van der Waals surface area contributed by atoms with Crippen molar-refractivity contribution in [2.75, 3.05) is 25.2 Å². The van der Waals surface area contributed by atoms with E-state index in [0.717, 1.165) is 0 Å². The van der Waals surface area contributed by atoms with Crippen LogP contribution in [0.2, 0.25) is 0 Å². The minimum Gasteiger partial charge on any atom is -0.490 e. The van der Waals surface area contributed by atoms with E-state index in [-0.39, 0.29) is 5.78 Å². The maximum atomic E-state index is 11.6. The molecule has 0 saturated carbocycles. The number of methoxy groups -OCH3 is 1. The highest BCUT2D eigenvalue weighted by atomic mass is 16.5. The van der Waals surface area contributed by atoms with Crippen molar-refractivity contribution in [1.29, 1.82) is 0 Å². The zero-order valence-corrected chi connectivity index (χ0v) is 9.73. The molecular formula is C12H13NO4. The van der Waals surface area contributed by atoms with Gasteiger partial charge in [-0.2, -0.15) is 0 Å². The minimum atomic E-state index is -0.449. The molecular weight excluding hydrogens is 222 g/mol. The molecule has 5 nitrogen and oxygen atoms in total. The third-order valence-electron chi connectivity index (χ3n) is 2.62. The zero-order valence-electron chi connectivity index (χ0n) is 9.73. The summed E-state index contributed by atoms with van der Waals surface area (Å²) in [4.78, 5) is 24.3.